The second kappa shape index (κ2) is 5.21. The van der Waals surface area contributed by atoms with Crippen LogP contribution in [0.4, 0.5) is 0 Å². The minimum Gasteiger partial charge on any atom is -0.347 e. The third-order valence-corrected chi connectivity index (χ3v) is 5.33. The van der Waals surface area contributed by atoms with Crippen LogP contribution in [0.1, 0.15) is 53.7 Å². The summed E-state index contributed by atoms with van der Waals surface area (Å²) in [6.45, 7) is 0.774. The van der Waals surface area contributed by atoms with Crippen LogP contribution in [0.2, 0.25) is 0 Å². The van der Waals surface area contributed by atoms with Gasteiger partial charge in [0, 0.05) is 13.0 Å². The molecule has 0 aliphatic carbocycles. The molecule has 2 aromatic heterocycles. The van der Waals surface area contributed by atoms with Crippen LogP contribution in [0.3, 0.4) is 0 Å². The van der Waals surface area contributed by atoms with E-state index in [1.54, 1.807) is 6.33 Å². The van der Waals surface area contributed by atoms with Crippen molar-refractivity contribution in [2.75, 3.05) is 5.75 Å². The summed E-state index contributed by atoms with van der Waals surface area (Å²) in [6.07, 6.45) is 6.27. The van der Waals surface area contributed by atoms with Crippen LogP contribution in [0.5, 0.6) is 0 Å². The van der Waals surface area contributed by atoms with Crippen molar-refractivity contribution in [1.29, 1.82) is 0 Å². The largest absolute Gasteiger partial charge is 0.347 e. The molecule has 0 spiro atoms. The van der Waals surface area contributed by atoms with Crippen molar-refractivity contribution >= 4 is 11.8 Å². The molecule has 0 bridgehead atoms. The highest BCUT2D eigenvalue weighted by atomic mass is 32.2. The molecule has 0 saturated carbocycles. The Labute approximate surface area is 121 Å². The van der Waals surface area contributed by atoms with Crippen LogP contribution >= 0.6 is 11.8 Å². The summed E-state index contributed by atoms with van der Waals surface area (Å²) in [5, 5.41) is 8.01. The van der Waals surface area contributed by atoms with Crippen LogP contribution in [0, 0.1) is 0 Å². The Balaban J connectivity index is 1.51. The Kier molecular flexibility index (Phi) is 3.23. The van der Waals surface area contributed by atoms with Crippen molar-refractivity contribution in [1.82, 2.24) is 25.4 Å². The summed E-state index contributed by atoms with van der Waals surface area (Å²) >= 11 is 1.94. The van der Waals surface area contributed by atoms with Gasteiger partial charge in [0.1, 0.15) is 0 Å². The van der Waals surface area contributed by atoms with Crippen LogP contribution < -0.4 is 5.32 Å². The summed E-state index contributed by atoms with van der Waals surface area (Å²) in [6, 6.07) is 0.0839. The molecule has 0 amide bonds. The molecule has 1 fully saturated rings. The molecule has 6 nitrogen and oxygen atoms in total. The summed E-state index contributed by atoms with van der Waals surface area (Å²) in [5.74, 6) is 2.76. The summed E-state index contributed by atoms with van der Waals surface area (Å²) in [4.78, 5) is 12.1. The number of imidazole rings is 1. The number of hydrogen-bond acceptors (Lipinski definition) is 6. The first kappa shape index (κ1) is 12.4. The van der Waals surface area contributed by atoms with E-state index in [0.29, 0.717) is 11.1 Å². The monoisotopic (exact) mass is 291 g/mol. The minimum atomic E-state index is 0.0839. The fourth-order valence-corrected chi connectivity index (χ4v) is 4.04. The quantitative estimate of drug-likeness (QED) is 0.882. The van der Waals surface area contributed by atoms with E-state index in [1.165, 1.54) is 18.6 Å². The van der Waals surface area contributed by atoms with Gasteiger partial charge in [0.05, 0.1) is 29.0 Å². The standard InChI is InChI=1S/C13H17N5OS/c1-2-4-20-11(3-1)12-17-13(19-18-12)9-5-8-10(6-14-9)16-7-15-8/h7,9,11,14H,1-6H2,(H,15,16). The van der Waals surface area contributed by atoms with E-state index >= 15 is 0 Å². The molecule has 2 aliphatic rings. The molecular weight excluding hydrogens is 274 g/mol. The number of fused-ring (bicyclic) bond motifs is 1. The summed E-state index contributed by atoms with van der Waals surface area (Å²) in [7, 11) is 0. The lowest BCUT2D eigenvalue weighted by Crippen LogP contribution is -2.28. The fraction of sp³-hybridized carbons (Fsp3) is 0.615. The molecule has 2 atom stereocenters. The lowest BCUT2D eigenvalue weighted by atomic mass is 10.1. The second-order valence-electron chi connectivity index (χ2n) is 5.31. The van der Waals surface area contributed by atoms with Gasteiger partial charge in [-0.1, -0.05) is 11.6 Å². The lowest BCUT2D eigenvalue weighted by molar-refractivity contribution is 0.316. The number of aromatic amines is 1. The third-order valence-electron chi connectivity index (χ3n) is 3.95. The van der Waals surface area contributed by atoms with E-state index in [9.17, 15) is 0 Å². The molecule has 7 heteroatoms. The Bertz CT molecular complexity index is 589. The molecule has 2 aliphatic heterocycles. The number of H-pyrrole nitrogens is 1. The van der Waals surface area contributed by atoms with Crippen LogP contribution in [-0.2, 0) is 13.0 Å². The van der Waals surface area contributed by atoms with Gasteiger partial charge in [0.2, 0.25) is 5.89 Å². The van der Waals surface area contributed by atoms with Gasteiger partial charge in [-0.25, -0.2) is 4.98 Å². The maximum atomic E-state index is 5.47. The maximum absolute atomic E-state index is 5.47. The van der Waals surface area contributed by atoms with Crippen LogP contribution in [-0.4, -0.2) is 25.9 Å². The Morgan fingerprint density at radius 2 is 2.35 bits per heavy atom. The third kappa shape index (κ3) is 2.25. The lowest BCUT2D eigenvalue weighted by Gasteiger charge is -2.19. The van der Waals surface area contributed by atoms with Crippen molar-refractivity contribution < 1.29 is 4.52 Å². The van der Waals surface area contributed by atoms with Crippen LogP contribution in [0.25, 0.3) is 0 Å². The van der Waals surface area contributed by atoms with Crippen molar-refractivity contribution in [3.8, 4) is 0 Å². The highest BCUT2D eigenvalue weighted by molar-refractivity contribution is 7.99. The van der Waals surface area contributed by atoms with Crippen molar-refractivity contribution in [2.45, 2.75) is 43.5 Å². The smallest absolute Gasteiger partial charge is 0.244 e. The molecule has 20 heavy (non-hydrogen) atoms. The zero-order chi connectivity index (χ0) is 13.4. The summed E-state index contributed by atoms with van der Waals surface area (Å²) in [5.41, 5.74) is 2.25. The van der Waals surface area contributed by atoms with E-state index in [1.807, 2.05) is 11.8 Å². The predicted octanol–water partition coefficient (Wildman–Crippen LogP) is 2.14. The van der Waals surface area contributed by atoms with Crippen LogP contribution in [0.15, 0.2) is 10.9 Å². The predicted molar refractivity (Wildman–Crippen MR) is 75.2 cm³/mol. The molecule has 1 saturated heterocycles. The number of nitrogens with one attached hydrogen (secondary N) is 2. The van der Waals surface area contributed by atoms with E-state index in [0.717, 1.165) is 36.6 Å². The molecule has 2 N–H and O–H groups in total. The van der Waals surface area contributed by atoms with Crippen molar-refractivity contribution in [3.63, 3.8) is 0 Å². The van der Waals surface area contributed by atoms with Gasteiger partial charge < -0.3 is 9.51 Å². The SMILES string of the molecule is c1nc2c([nH]1)CNC(c1nc(C3CCCCS3)no1)C2. The van der Waals surface area contributed by atoms with Gasteiger partial charge in [0.15, 0.2) is 5.82 Å². The first-order chi connectivity index (χ1) is 9.90. The minimum absolute atomic E-state index is 0.0839. The zero-order valence-corrected chi connectivity index (χ0v) is 11.9. The first-order valence-electron chi connectivity index (χ1n) is 7.10. The number of nitrogens with zero attached hydrogens (tertiary/aromatic N) is 3. The highest BCUT2D eigenvalue weighted by Gasteiger charge is 2.28. The van der Waals surface area contributed by atoms with E-state index < -0.39 is 0 Å². The van der Waals surface area contributed by atoms with Gasteiger partial charge in [0.25, 0.3) is 0 Å². The maximum Gasteiger partial charge on any atom is 0.244 e. The Morgan fingerprint density at radius 1 is 1.35 bits per heavy atom. The number of thioether (sulfide) groups is 1. The molecule has 2 aromatic rings. The van der Waals surface area contributed by atoms with Crippen molar-refractivity contribution in [2.24, 2.45) is 0 Å². The van der Waals surface area contributed by atoms with Crippen molar-refractivity contribution in [3.05, 3.63) is 29.4 Å². The first-order valence-corrected chi connectivity index (χ1v) is 8.14. The van der Waals surface area contributed by atoms with E-state index in [-0.39, 0.29) is 6.04 Å². The number of rotatable bonds is 2. The zero-order valence-electron chi connectivity index (χ0n) is 11.1. The van der Waals surface area contributed by atoms with Gasteiger partial charge >= 0.3 is 0 Å². The fourth-order valence-electron chi connectivity index (χ4n) is 2.81. The second-order valence-corrected chi connectivity index (χ2v) is 6.62. The normalized spacial score (nSPS) is 26.4. The van der Waals surface area contributed by atoms with Gasteiger partial charge in [-0.05, 0) is 18.6 Å². The molecule has 0 aromatic carbocycles. The van der Waals surface area contributed by atoms with Gasteiger partial charge in [-0.2, -0.15) is 16.7 Å². The number of hydrogen-bond donors (Lipinski definition) is 2. The van der Waals surface area contributed by atoms with Gasteiger partial charge in [-0.15, -0.1) is 0 Å². The summed E-state index contributed by atoms with van der Waals surface area (Å²) < 4.78 is 5.47. The Hall–Kier alpha value is -1.34. The molecular formula is C13H17N5OS. The van der Waals surface area contributed by atoms with E-state index in [4.69, 9.17) is 4.52 Å². The molecule has 106 valence electrons. The average Bonchev–Trinajstić information content (AvgIpc) is 3.16. The van der Waals surface area contributed by atoms with Gasteiger partial charge in [-0.3, -0.25) is 5.32 Å². The molecule has 0 radical (unpaired) electrons. The molecule has 2 unspecified atom stereocenters. The highest BCUT2D eigenvalue weighted by Crippen LogP contribution is 2.37. The number of aromatic nitrogens is 4. The van der Waals surface area contributed by atoms with E-state index in [2.05, 4.69) is 25.4 Å². The Morgan fingerprint density at radius 3 is 3.25 bits per heavy atom. The molecule has 4 heterocycles. The average molecular weight is 291 g/mol. The molecule has 4 rings (SSSR count). The topological polar surface area (TPSA) is 79.6 Å².